The van der Waals surface area contributed by atoms with Crippen LogP contribution < -0.4 is 0 Å². The van der Waals surface area contributed by atoms with Crippen molar-refractivity contribution in [3.63, 3.8) is 0 Å². The molecule has 0 aromatic heterocycles. The van der Waals surface area contributed by atoms with Crippen LogP contribution >= 0.6 is 0 Å². The molecule has 2 rings (SSSR count). The average Bonchev–Trinajstić information content (AvgIpc) is 2.52. The molecule has 21 heavy (non-hydrogen) atoms. The van der Waals surface area contributed by atoms with Crippen LogP contribution in [0.4, 0.5) is 0 Å². The highest BCUT2D eigenvalue weighted by Gasteiger charge is 2.42. The maximum atomic E-state index is 11.2. The van der Waals surface area contributed by atoms with E-state index in [9.17, 15) is 5.11 Å². The highest BCUT2D eigenvalue weighted by molar-refractivity contribution is 5.27. The van der Waals surface area contributed by atoms with E-state index in [4.69, 9.17) is 0 Å². The molecule has 0 radical (unpaired) electrons. The number of aliphatic hydroxyl groups is 1. The Kier molecular flexibility index (Phi) is 5.48. The molecule has 1 aromatic carbocycles. The first-order chi connectivity index (χ1) is 10.0. The van der Waals surface area contributed by atoms with Crippen LogP contribution in [0.2, 0.25) is 0 Å². The average molecular weight is 288 g/mol. The third-order valence-electron chi connectivity index (χ3n) is 6.26. The molecule has 0 saturated heterocycles. The Bertz CT molecular complexity index is 421. The molecule has 0 bridgehead atoms. The summed E-state index contributed by atoms with van der Waals surface area (Å²) in [7, 11) is 0. The van der Waals surface area contributed by atoms with Gasteiger partial charge in [0.05, 0.1) is 6.10 Å². The van der Waals surface area contributed by atoms with Gasteiger partial charge in [0.2, 0.25) is 0 Å². The molecule has 1 aliphatic carbocycles. The smallest absolute Gasteiger partial charge is 0.0664 e. The summed E-state index contributed by atoms with van der Waals surface area (Å²) in [6.45, 7) is 9.17. The monoisotopic (exact) mass is 288 g/mol. The number of aliphatic hydroxyl groups excluding tert-OH is 1. The van der Waals surface area contributed by atoms with Gasteiger partial charge in [0.1, 0.15) is 0 Å². The largest absolute Gasteiger partial charge is 0.392 e. The summed E-state index contributed by atoms with van der Waals surface area (Å²) in [6, 6.07) is 10.7. The van der Waals surface area contributed by atoms with Crippen LogP contribution in [-0.2, 0) is 5.41 Å². The molecule has 1 N–H and O–H groups in total. The van der Waals surface area contributed by atoms with Crippen LogP contribution in [0.15, 0.2) is 30.3 Å². The van der Waals surface area contributed by atoms with Gasteiger partial charge in [-0.1, -0.05) is 64.4 Å². The topological polar surface area (TPSA) is 20.2 Å². The van der Waals surface area contributed by atoms with Crippen LogP contribution in [0.1, 0.15) is 65.4 Å². The Morgan fingerprint density at radius 1 is 1.05 bits per heavy atom. The number of hydrogen-bond donors (Lipinski definition) is 1. The highest BCUT2D eigenvalue weighted by Crippen LogP contribution is 2.44. The molecule has 0 spiro atoms. The Morgan fingerprint density at radius 2 is 1.67 bits per heavy atom. The molecule has 0 aliphatic heterocycles. The summed E-state index contributed by atoms with van der Waals surface area (Å²) in [5, 5.41) is 11.2. The zero-order valence-electron chi connectivity index (χ0n) is 14.2. The summed E-state index contributed by atoms with van der Waals surface area (Å²) >= 11 is 0. The summed E-state index contributed by atoms with van der Waals surface area (Å²) < 4.78 is 0. The molecule has 1 aliphatic rings. The first-order valence-electron chi connectivity index (χ1n) is 8.78. The lowest BCUT2D eigenvalue weighted by Gasteiger charge is -2.44. The molecule has 118 valence electrons. The fourth-order valence-corrected chi connectivity index (χ4v) is 4.34. The van der Waals surface area contributed by atoms with Crippen molar-refractivity contribution in [3.8, 4) is 0 Å². The Balaban J connectivity index is 2.26. The van der Waals surface area contributed by atoms with Crippen molar-refractivity contribution in [2.24, 2.45) is 17.8 Å². The van der Waals surface area contributed by atoms with Gasteiger partial charge < -0.3 is 5.11 Å². The lowest BCUT2D eigenvalue weighted by atomic mass is 9.63. The van der Waals surface area contributed by atoms with E-state index in [1.54, 1.807) is 0 Å². The SMILES string of the molecule is CCC(CC)(c1ccccc1)C(O)C1CCC(C)C(C)C1. The van der Waals surface area contributed by atoms with Crippen molar-refractivity contribution in [2.75, 3.05) is 0 Å². The normalized spacial score (nSPS) is 28.3. The molecule has 1 heteroatoms. The third-order valence-corrected chi connectivity index (χ3v) is 6.26. The molecular formula is C20H32O. The van der Waals surface area contributed by atoms with Gasteiger partial charge in [-0.2, -0.15) is 0 Å². The summed E-state index contributed by atoms with van der Waals surface area (Å²) in [5.74, 6) is 2.00. The maximum absolute atomic E-state index is 11.2. The zero-order chi connectivity index (χ0) is 15.5. The summed E-state index contributed by atoms with van der Waals surface area (Å²) in [6.07, 6.45) is 5.42. The van der Waals surface area contributed by atoms with Crippen molar-refractivity contribution >= 4 is 0 Å². The van der Waals surface area contributed by atoms with Crippen LogP contribution in [0.5, 0.6) is 0 Å². The minimum atomic E-state index is -0.218. The van der Waals surface area contributed by atoms with Crippen molar-refractivity contribution in [1.82, 2.24) is 0 Å². The van der Waals surface area contributed by atoms with E-state index in [1.165, 1.54) is 24.8 Å². The Labute approximate surface area is 130 Å². The van der Waals surface area contributed by atoms with Gasteiger partial charge >= 0.3 is 0 Å². The second-order valence-corrected chi connectivity index (χ2v) is 7.20. The van der Waals surface area contributed by atoms with E-state index in [0.717, 1.165) is 24.7 Å². The third kappa shape index (κ3) is 3.18. The van der Waals surface area contributed by atoms with Gasteiger partial charge in [0.25, 0.3) is 0 Å². The quantitative estimate of drug-likeness (QED) is 0.791. The predicted octanol–water partition coefficient (Wildman–Crippen LogP) is 5.18. The molecule has 0 heterocycles. The van der Waals surface area contributed by atoms with E-state index in [0.29, 0.717) is 5.92 Å². The van der Waals surface area contributed by atoms with E-state index in [-0.39, 0.29) is 11.5 Å². The van der Waals surface area contributed by atoms with E-state index >= 15 is 0 Å². The number of hydrogen-bond acceptors (Lipinski definition) is 1. The molecule has 1 fully saturated rings. The fraction of sp³-hybridized carbons (Fsp3) is 0.700. The molecule has 0 amide bonds. The number of rotatable bonds is 5. The Morgan fingerprint density at radius 3 is 2.19 bits per heavy atom. The lowest BCUT2D eigenvalue weighted by molar-refractivity contribution is -0.00800. The zero-order valence-corrected chi connectivity index (χ0v) is 14.2. The fourth-order valence-electron chi connectivity index (χ4n) is 4.34. The second-order valence-electron chi connectivity index (χ2n) is 7.20. The molecule has 1 saturated carbocycles. The minimum absolute atomic E-state index is 0.0772. The van der Waals surface area contributed by atoms with Gasteiger partial charge in [-0.05, 0) is 49.0 Å². The summed E-state index contributed by atoms with van der Waals surface area (Å²) in [4.78, 5) is 0. The molecule has 4 unspecified atom stereocenters. The summed E-state index contributed by atoms with van der Waals surface area (Å²) in [5.41, 5.74) is 1.24. The van der Waals surface area contributed by atoms with Crippen LogP contribution in [0, 0.1) is 17.8 Å². The van der Waals surface area contributed by atoms with Crippen molar-refractivity contribution < 1.29 is 5.11 Å². The molecule has 1 nitrogen and oxygen atoms in total. The van der Waals surface area contributed by atoms with Crippen molar-refractivity contribution in [3.05, 3.63) is 35.9 Å². The standard InChI is InChI=1S/C20H32O/c1-5-20(6-2,18-10-8-7-9-11-18)19(21)17-13-12-15(3)16(4)14-17/h7-11,15-17,19,21H,5-6,12-14H2,1-4H3. The molecular weight excluding hydrogens is 256 g/mol. The molecule has 4 atom stereocenters. The highest BCUT2D eigenvalue weighted by atomic mass is 16.3. The van der Waals surface area contributed by atoms with Gasteiger partial charge in [-0.3, -0.25) is 0 Å². The van der Waals surface area contributed by atoms with Crippen molar-refractivity contribution in [2.45, 2.75) is 71.3 Å². The second kappa shape index (κ2) is 6.96. The van der Waals surface area contributed by atoms with Gasteiger partial charge in [0, 0.05) is 5.41 Å². The van der Waals surface area contributed by atoms with Crippen LogP contribution in [0.25, 0.3) is 0 Å². The first kappa shape index (κ1) is 16.5. The van der Waals surface area contributed by atoms with E-state index in [2.05, 4.69) is 58.0 Å². The van der Waals surface area contributed by atoms with Gasteiger partial charge in [-0.15, -0.1) is 0 Å². The number of benzene rings is 1. The van der Waals surface area contributed by atoms with Crippen LogP contribution in [0.3, 0.4) is 0 Å². The van der Waals surface area contributed by atoms with E-state index < -0.39 is 0 Å². The Hall–Kier alpha value is -0.820. The molecule has 1 aromatic rings. The first-order valence-corrected chi connectivity index (χ1v) is 8.78. The van der Waals surface area contributed by atoms with E-state index in [1.807, 2.05) is 0 Å². The lowest BCUT2D eigenvalue weighted by Crippen LogP contribution is -2.45. The van der Waals surface area contributed by atoms with Gasteiger partial charge in [0.15, 0.2) is 0 Å². The van der Waals surface area contributed by atoms with Crippen LogP contribution in [-0.4, -0.2) is 11.2 Å². The van der Waals surface area contributed by atoms with Crippen molar-refractivity contribution in [1.29, 1.82) is 0 Å². The minimum Gasteiger partial charge on any atom is -0.392 e. The maximum Gasteiger partial charge on any atom is 0.0664 e. The van der Waals surface area contributed by atoms with Gasteiger partial charge in [-0.25, -0.2) is 0 Å². The predicted molar refractivity (Wildman–Crippen MR) is 90.4 cm³/mol.